The van der Waals surface area contributed by atoms with Gasteiger partial charge in [0.05, 0.1) is 16.8 Å². The number of aryl methyl sites for hydroxylation is 3. The minimum Gasteiger partial charge on any atom is -0.293 e. The molecule has 0 saturated heterocycles. The van der Waals surface area contributed by atoms with E-state index in [1.165, 1.54) is 22.9 Å². The molecule has 0 unspecified atom stereocenters. The topological polar surface area (TPSA) is 52.0 Å². The molecule has 2 heterocycles. The Morgan fingerprint density at radius 2 is 1.71 bits per heavy atom. The normalized spacial score (nSPS) is 12.4. The number of nitrogens with zero attached hydrogens (tertiary/aromatic N) is 2. The molecule has 0 saturated carbocycles. The molecule has 5 aromatic rings. The third-order valence-electron chi connectivity index (χ3n) is 6.48. The molecule has 1 aliphatic carbocycles. The fourth-order valence-electron chi connectivity index (χ4n) is 4.72. The van der Waals surface area contributed by atoms with E-state index in [0.29, 0.717) is 16.1 Å². The lowest BCUT2D eigenvalue weighted by Crippen LogP contribution is -2.23. The number of hydrogen-bond donors (Lipinski definition) is 0. The van der Waals surface area contributed by atoms with Crippen LogP contribution in [0.4, 0.5) is 0 Å². The molecule has 0 amide bonds. The fraction of sp³-hybridized carbons (Fsp3) is 0.138. The number of aromatic nitrogens is 2. The highest BCUT2D eigenvalue weighted by Gasteiger charge is 2.26. The van der Waals surface area contributed by atoms with Crippen molar-refractivity contribution in [1.29, 1.82) is 0 Å². The minimum absolute atomic E-state index is 0.0145. The Balaban J connectivity index is 1.53. The summed E-state index contributed by atoms with van der Waals surface area (Å²) in [5.41, 5.74) is 6.00. The average Bonchev–Trinajstić information content (AvgIpc) is 3.28. The van der Waals surface area contributed by atoms with E-state index >= 15 is 0 Å². The second kappa shape index (κ2) is 8.95. The quantitative estimate of drug-likeness (QED) is 0.159. The number of benzene rings is 3. The molecule has 0 N–H and O–H groups in total. The Bertz CT molecular complexity index is 1650. The summed E-state index contributed by atoms with van der Waals surface area (Å²) in [4.78, 5) is 33.8. The number of Topliss-reactive ketones (excluding diaryl/α,β-unsaturated/α-hetero) is 1. The van der Waals surface area contributed by atoms with E-state index in [2.05, 4.69) is 18.2 Å². The predicted molar refractivity (Wildman–Crippen MR) is 144 cm³/mol. The number of carbonyl (C=O) groups excluding carboxylic acids is 1. The molecular weight excluding hydrogens is 472 g/mol. The average molecular weight is 495 g/mol. The Labute approximate surface area is 211 Å². The lowest BCUT2D eigenvalue weighted by molar-refractivity contribution is 0.102. The van der Waals surface area contributed by atoms with Crippen LogP contribution in [0.15, 0.2) is 88.8 Å². The van der Waals surface area contributed by atoms with Crippen molar-refractivity contribution < 1.29 is 4.79 Å². The summed E-state index contributed by atoms with van der Waals surface area (Å²) in [6.45, 7) is 1.99. The monoisotopic (exact) mass is 494 g/mol. The van der Waals surface area contributed by atoms with Gasteiger partial charge in [0.25, 0.3) is 5.56 Å². The second-order valence-electron chi connectivity index (χ2n) is 8.65. The van der Waals surface area contributed by atoms with Gasteiger partial charge in [0.15, 0.2) is 10.9 Å². The third kappa shape index (κ3) is 3.83. The molecule has 0 atom stereocenters. The van der Waals surface area contributed by atoms with Gasteiger partial charge in [-0.1, -0.05) is 84.6 Å². The second-order valence-corrected chi connectivity index (χ2v) is 10.6. The molecular formula is C29H22N2O2S2. The molecule has 0 radical (unpaired) electrons. The first kappa shape index (κ1) is 22.0. The van der Waals surface area contributed by atoms with Gasteiger partial charge in [-0.3, -0.25) is 14.2 Å². The molecule has 0 aliphatic heterocycles. The van der Waals surface area contributed by atoms with Gasteiger partial charge < -0.3 is 0 Å². The van der Waals surface area contributed by atoms with Gasteiger partial charge >= 0.3 is 0 Å². The predicted octanol–water partition coefficient (Wildman–Crippen LogP) is 6.50. The van der Waals surface area contributed by atoms with Gasteiger partial charge in [-0.25, -0.2) is 4.98 Å². The van der Waals surface area contributed by atoms with Gasteiger partial charge in [0.1, 0.15) is 4.83 Å². The minimum atomic E-state index is -0.0594. The summed E-state index contributed by atoms with van der Waals surface area (Å²) in [5, 5.41) is 1.26. The highest BCUT2D eigenvalue weighted by molar-refractivity contribution is 7.99. The van der Waals surface area contributed by atoms with Crippen LogP contribution in [0, 0.1) is 6.92 Å². The Hall–Kier alpha value is -3.48. The van der Waals surface area contributed by atoms with E-state index in [1.807, 2.05) is 67.6 Å². The van der Waals surface area contributed by atoms with Crippen LogP contribution >= 0.6 is 23.1 Å². The van der Waals surface area contributed by atoms with Crippen LogP contribution in [0.2, 0.25) is 0 Å². The first-order valence-electron chi connectivity index (χ1n) is 11.6. The summed E-state index contributed by atoms with van der Waals surface area (Å²) in [5.74, 6) is 0.225. The summed E-state index contributed by atoms with van der Waals surface area (Å²) >= 11 is 2.91. The number of hydrogen-bond acceptors (Lipinski definition) is 5. The van der Waals surface area contributed by atoms with Crippen LogP contribution in [0.1, 0.15) is 27.0 Å². The van der Waals surface area contributed by atoms with Crippen LogP contribution < -0.4 is 5.56 Å². The van der Waals surface area contributed by atoms with Gasteiger partial charge in [0.2, 0.25) is 0 Å². The molecule has 2 aromatic heterocycles. The molecule has 1 aliphatic rings. The lowest BCUT2D eigenvalue weighted by Gasteiger charge is -2.16. The highest BCUT2D eigenvalue weighted by atomic mass is 32.2. The standard InChI is InChI=1S/C29H22N2O2S2/c1-18-9-5-8-14-23(18)31-28(33)25-22-16-15-19-10-6-7-13-21(19)26(22)35-27(25)30-29(31)34-17-24(32)20-11-3-2-4-12-20/h2-14H,15-17H2,1H3. The van der Waals surface area contributed by atoms with Crippen molar-refractivity contribution in [3.05, 3.63) is 111 Å². The highest BCUT2D eigenvalue weighted by Crippen LogP contribution is 2.42. The van der Waals surface area contributed by atoms with Gasteiger partial charge in [0, 0.05) is 10.4 Å². The van der Waals surface area contributed by atoms with Crippen molar-refractivity contribution in [3.63, 3.8) is 0 Å². The van der Waals surface area contributed by atoms with Crippen LogP contribution in [-0.2, 0) is 12.8 Å². The maximum absolute atomic E-state index is 14.1. The molecule has 4 nitrogen and oxygen atoms in total. The van der Waals surface area contributed by atoms with E-state index < -0.39 is 0 Å². The SMILES string of the molecule is Cc1ccccc1-n1c(SCC(=O)c2ccccc2)nc2sc3c(c2c1=O)CCc1ccccc1-3. The number of carbonyl (C=O) groups is 1. The first-order valence-corrected chi connectivity index (χ1v) is 13.4. The molecule has 6 heteroatoms. The summed E-state index contributed by atoms with van der Waals surface area (Å²) in [7, 11) is 0. The zero-order chi connectivity index (χ0) is 23.9. The molecule has 0 bridgehead atoms. The molecule has 3 aromatic carbocycles. The third-order valence-corrected chi connectivity index (χ3v) is 8.58. The van der Waals surface area contributed by atoms with Gasteiger partial charge in [-0.2, -0.15) is 0 Å². The number of thiophene rings is 1. The fourth-order valence-corrected chi connectivity index (χ4v) is 6.95. The van der Waals surface area contributed by atoms with Gasteiger partial charge in [-0.05, 0) is 48.1 Å². The zero-order valence-electron chi connectivity index (χ0n) is 19.2. The smallest absolute Gasteiger partial charge is 0.267 e. The van der Waals surface area contributed by atoms with Crippen LogP contribution in [-0.4, -0.2) is 21.1 Å². The number of para-hydroxylation sites is 1. The van der Waals surface area contributed by atoms with Crippen molar-refractivity contribution in [3.8, 4) is 16.1 Å². The molecule has 172 valence electrons. The maximum Gasteiger partial charge on any atom is 0.267 e. The molecule has 35 heavy (non-hydrogen) atoms. The number of rotatable bonds is 5. The summed E-state index contributed by atoms with van der Waals surface area (Å²) in [6.07, 6.45) is 1.75. The van der Waals surface area contributed by atoms with Crippen molar-refractivity contribution in [2.24, 2.45) is 0 Å². The van der Waals surface area contributed by atoms with E-state index in [-0.39, 0.29) is 17.1 Å². The Kier molecular flexibility index (Phi) is 5.63. The van der Waals surface area contributed by atoms with Crippen molar-refractivity contribution in [1.82, 2.24) is 9.55 Å². The molecule has 6 rings (SSSR count). The summed E-state index contributed by atoms with van der Waals surface area (Å²) in [6, 6.07) is 25.5. The number of fused-ring (bicyclic) bond motifs is 5. The van der Waals surface area contributed by atoms with Crippen LogP contribution in [0.25, 0.3) is 26.3 Å². The van der Waals surface area contributed by atoms with Crippen LogP contribution in [0.3, 0.4) is 0 Å². The first-order chi connectivity index (χ1) is 17.1. The Morgan fingerprint density at radius 1 is 0.971 bits per heavy atom. The van der Waals surface area contributed by atoms with Crippen LogP contribution in [0.5, 0.6) is 0 Å². The zero-order valence-corrected chi connectivity index (χ0v) is 20.8. The maximum atomic E-state index is 14.1. The largest absolute Gasteiger partial charge is 0.293 e. The van der Waals surface area contributed by atoms with E-state index in [1.54, 1.807) is 15.9 Å². The summed E-state index contributed by atoms with van der Waals surface area (Å²) < 4.78 is 1.70. The molecule has 0 fully saturated rings. The number of thioether (sulfide) groups is 1. The van der Waals surface area contributed by atoms with E-state index in [4.69, 9.17) is 4.98 Å². The Morgan fingerprint density at radius 3 is 2.54 bits per heavy atom. The lowest BCUT2D eigenvalue weighted by atomic mass is 9.90. The van der Waals surface area contributed by atoms with E-state index in [0.717, 1.165) is 39.4 Å². The molecule has 0 spiro atoms. The van der Waals surface area contributed by atoms with E-state index in [9.17, 15) is 9.59 Å². The van der Waals surface area contributed by atoms with Crippen molar-refractivity contribution in [2.45, 2.75) is 24.9 Å². The van der Waals surface area contributed by atoms with Crippen molar-refractivity contribution in [2.75, 3.05) is 5.75 Å². The number of ketones is 1. The van der Waals surface area contributed by atoms with Crippen molar-refractivity contribution >= 4 is 39.1 Å². The van der Waals surface area contributed by atoms with Gasteiger partial charge in [-0.15, -0.1) is 11.3 Å².